The molecule has 2 bridgehead atoms. The lowest BCUT2D eigenvalue weighted by Crippen LogP contribution is -2.51. The molecule has 1 amide bonds. The van der Waals surface area contributed by atoms with Gasteiger partial charge in [0.05, 0.1) is 5.69 Å². The van der Waals surface area contributed by atoms with E-state index in [0.29, 0.717) is 18.2 Å². The molecule has 2 fully saturated rings. The van der Waals surface area contributed by atoms with Crippen molar-refractivity contribution in [3.63, 3.8) is 0 Å². The number of aromatic amines is 1. The summed E-state index contributed by atoms with van der Waals surface area (Å²) < 4.78 is 0. The number of rotatable bonds is 5. The van der Waals surface area contributed by atoms with Gasteiger partial charge in [0.2, 0.25) is 5.91 Å². The van der Waals surface area contributed by atoms with Gasteiger partial charge in [0.25, 0.3) is 0 Å². The molecule has 162 valence electrons. The van der Waals surface area contributed by atoms with Crippen molar-refractivity contribution in [3.05, 3.63) is 71.0 Å². The second kappa shape index (κ2) is 6.89. The van der Waals surface area contributed by atoms with E-state index < -0.39 is 0 Å². The Bertz CT molecular complexity index is 1240. The maximum atomic E-state index is 13.5. The minimum absolute atomic E-state index is 0.00212. The number of benzene rings is 1. The van der Waals surface area contributed by atoms with Crippen molar-refractivity contribution in [2.75, 3.05) is 5.32 Å². The van der Waals surface area contributed by atoms with Crippen LogP contribution in [0.25, 0.3) is 11.3 Å². The Balaban J connectivity index is 1.45. The average Bonchev–Trinajstić information content (AvgIpc) is 3.57. The average molecular weight is 426 g/mol. The van der Waals surface area contributed by atoms with Crippen LogP contribution in [0.15, 0.2) is 48.7 Å². The fourth-order valence-corrected chi connectivity index (χ4v) is 5.59. The van der Waals surface area contributed by atoms with Gasteiger partial charge in [-0.1, -0.05) is 44.2 Å². The lowest BCUT2D eigenvalue weighted by Gasteiger charge is -2.54. The molecule has 4 aliphatic carbocycles. The molecule has 0 unspecified atom stereocenters. The molecule has 5 heteroatoms. The van der Waals surface area contributed by atoms with Crippen molar-refractivity contribution < 1.29 is 9.59 Å². The highest BCUT2D eigenvalue weighted by Crippen LogP contribution is 2.62. The van der Waals surface area contributed by atoms with Crippen molar-refractivity contribution >= 4 is 17.5 Å². The van der Waals surface area contributed by atoms with E-state index in [1.165, 1.54) is 5.56 Å². The quantitative estimate of drug-likeness (QED) is 0.579. The molecular formula is C27H27N3O2. The summed E-state index contributed by atoms with van der Waals surface area (Å²) in [7, 11) is 0. The maximum absolute atomic E-state index is 13.5. The van der Waals surface area contributed by atoms with Crippen molar-refractivity contribution in [2.24, 2.45) is 17.3 Å². The molecule has 3 aromatic rings. The van der Waals surface area contributed by atoms with Crippen LogP contribution in [-0.2, 0) is 11.2 Å². The number of nitrogens with zero attached hydrogens (tertiary/aromatic N) is 1. The number of Topliss-reactive ketones (excluding diaryl/α,β-unsaturated/α-hetero) is 1. The van der Waals surface area contributed by atoms with Gasteiger partial charge >= 0.3 is 0 Å². The summed E-state index contributed by atoms with van der Waals surface area (Å²) in [5.74, 6) is 1.48. The van der Waals surface area contributed by atoms with Crippen LogP contribution in [0.4, 0.5) is 5.82 Å². The van der Waals surface area contributed by atoms with Gasteiger partial charge in [-0.25, -0.2) is 4.98 Å². The van der Waals surface area contributed by atoms with Crippen LogP contribution < -0.4 is 5.32 Å². The van der Waals surface area contributed by atoms with Gasteiger partial charge in [0.15, 0.2) is 5.78 Å². The third kappa shape index (κ3) is 2.94. The highest BCUT2D eigenvalue weighted by molar-refractivity contribution is 6.05. The highest BCUT2D eigenvalue weighted by Gasteiger charge is 2.58. The van der Waals surface area contributed by atoms with E-state index in [9.17, 15) is 9.59 Å². The van der Waals surface area contributed by atoms with Crippen LogP contribution in [-0.4, -0.2) is 21.7 Å². The zero-order valence-corrected chi connectivity index (χ0v) is 18.4. The van der Waals surface area contributed by atoms with Crippen LogP contribution in [0, 0.1) is 17.3 Å². The van der Waals surface area contributed by atoms with Crippen LogP contribution >= 0.6 is 0 Å². The topological polar surface area (TPSA) is 74.8 Å². The van der Waals surface area contributed by atoms with Crippen LogP contribution in [0.5, 0.6) is 0 Å². The molecule has 2 N–H and O–H groups in total. The first-order valence-electron chi connectivity index (χ1n) is 11.5. The summed E-state index contributed by atoms with van der Waals surface area (Å²) in [5, 5.41) is 2.95. The van der Waals surface area contributed by atoms with E-state index in [2.05, 4.69) is 41.3 Å². The summed E-state index contributed by atoms with van der Waals surface area (Å²) >= 11 is 0. The smallest absolute Gasteiger partial charge is 0.228 e. The van der Waals surface area contributed by atoms with E-state index in [1.807, 2.05) is 30.3 Å². The Morgan fingerprint density at radius 1 is 1.16 bits per heavy atom. The van der Waals surface area contributed by atoms with Gasteiger partial charge in [-0.2, -0.15) is 0 Å². The molecule has 0 radical (unpaired) electrons. The van der Waals surface area contributed by atoms with E-state index in [-0.39, 0.29) is 28.9 Å². The fraction of sp³-hybridized carbons (Fsp3) is 0.370. The molecule has 0 saturated heterocycles. The van der Waals surface area contributed by atoms with Gasteiger partial charge in [-0.05, 0) is 47.9 Å². The summed E-state index contributed by atoms with van der Waals surface area (Å²) in [6.45, 7) is 4.42. The molecule has 1 aromatic carbocycles. The molecule has 0 aliphatic heterocycles. The molecule has 2 aromatic heterocycles. The molecular weight excluding hydrogens is 398 g/mol. The number of ketones is 1. The Hall–Kier alpha value is -3.21. The van der Waals surface area contributed by atoms with Crippen LogP contribution in [0.1, 0.15) is 66.2 Å². The number of carbonyl (C=O) groups is 2. The van der Waals surface area contributed by atoms with Gasteiger partial charge in [0.1, 0.15) is 5.82 Å². The minimum atomic E-state index is -0.00212. The van der Waals surface area contributed by atoms with Crippen molar-refractivity contribution in [3.8, 4) is 11.3 Å². The molecule has 2 heterocycles. The zero-order valence-electron chi connectivity index (χ0n) is 18.4. The SMILES string of the molecule is CC1(C)[C@@H]2C[C@H]1C(=O)c1c2[nH]c(-c2ccnc(NC(=O)C3CC3)c2)c1Cc1ccccc1. The van der Waals surface area contributed by atoms with E-state index in [0.717, 1.165) is 47.3 Å². The Morgan fingerprint density at radius 2 is 1.94 bits per heavy atom. The largest absolute Gasteiger partial charge is 0.357 e. The zero-order chi connectivity index (χ0) is 22.0. The third-order valence-corrected chi connectivity index (χ3v) is 7.78. The summed E-state index contributed by atoms with van der Waals surface area (Å²) in [4.78, 5) is 33.8. The molecule has 2 saturated carbocycles. The normalized spacial score (nSPS) is 22.8. The number of hydrogen-bond acceptors (Lipinski definition) is 3. The number of pyridine rings is 1. The number of carbonyl (C=O) groups excluding carboxylic acids is 2. The minimum Gasteiger partial charge on any atom is -0.357 e. The van der Waals surface area contributed by atoms with Gasteiger partial charge in [-0.15, -0.1) is 0 Å². The number of anilines is 1. The van der Waals surface area contributed by atoms with Crippen LogP contribution in [0.2, 0.25) is 0 Å². The first-order valence-corrected chi connectivity index (χ1v) is 11.5. The summed E-state index contributed by atoms with van der Waals surface area (Å²) in [5.41, 5.74) is 6.14. The molecule has 0 spiro atoms. The van der Waals surface area contributed by atoms with Gasteiger partial charge in [-0.3, -0.25) is 9.59 Å². The second-order valence-electron chi connectivity index (χ2n) is 10.1. The Morgan fingerprint density at radius 3 is 2.66 bits per heavy atom. The Labute approximate surface area is 187 Å². The summed E-state index contributed by atoms with van der Waals surface area (Å²) in [6, 6.07) is 14.2. The predicted octanol–water partition coefficient (Wildman–Crippen LogP) is 5.34. The van der Waals surface area contributed by atoms with Gasteiger partial charge in [0, 0.05) is 47.2 Å². The molecule has 5 nitrogen and oxygen atoms in total. The Kier molecular flexibility index (Phi) is 4.19. The monoisotopic (exact) mass is 425 g/mol. The lowest BCUT2D eigenvalue weighted by atomic mass is 9.48. The molecule has 4 aliphatic rings. The highest BCUT2D eigenvalue weighted by atomic mass is 16.2. The summed E-state index contributed by atoms with van der Waals surface area (Å²) in [6.07, 6.45) is 5.27. The first kappa shape index (κ1) is 19.5. The fourth-order valence-electron chi connectivity index (χ4n) is 5.59. The van der Waals surface area contributed by atoms with Gasteiger partial charge < -0.3 is 10.3 Å². The lowest BCUT2D eigenvalue weighted by molar-refractivity contribution is -0.117. The standard InChI is InChI=1S/C27H27N3O2/c1-27(2)19-14-20(27)25(31)22-18(12-15-6-4-3-5-7-15)23(30-24(19)22)17-10-11-28-21(13-17)29-26(32)16-8-9-16/h3-7,10-11,13,16,19-20,30H,8-9,12,14H2,1-2H3,(H,28,29,32)/t19-,20+/m1/s1. The van der Waals surface area contributed by atoms with E-state index in [4.69, 9.17) is 0 Å². The number of amides is 1. The number of hydrogen-bond donors (Lipinski definition) is 2. The first-order chi connectivity index (χ1) is 15.4. The van der Waals surface area contributed by atoms with Crippen LogP contribution in [0.3, 0.4) is 0 Å². The van der Waals surface area contributed by atoms with Crippen molar-refractivity contribution in [2.45, 2.75) is 45.4 Å². The maximum Gasteiger partial charge on any atom is 0.228 e. The number of aromatic nitrogens is 2. The molecule has 7 rings (SSSR count). The van der Waals surface area contributed by atoms with E-state index >= 15 is 0 Å². The number of nitrogens with one attached hydrogen (secondary N) is 2. The van der Waals surface area contributed by atoms with Crippen molar-refractivity contribution in [1.29, 1.82) is 0 Å². The van der Waals surface area contributed by atoms with Crippen molar-refractivity contribution in [1.82, 2.24) is 9.97 Å². The molecule has 32 heavy (non-hydrogen) atoms. The predicted molar refractivity (Wildman–Crippen MR) is 124 cm³/mol. The third-order valence-electron chi connectivity index (χ3n) is 7.78. The number of H-pyrrole nitrogens is 1. The molecule has 2 atom stereocenters. The van der Waals surface area contributed by atoms with E-state index in [1.54, 1.807) is 6.20 Å². The second-order valence-corrected chi connectivity index (χ2v) is 10.1.